The van der Waals surface area contributed by atoms with Gasteiger partial charge in [0, 0.05) is 30.1 Å². The molecule has 3 rings (SSSR count). The van der Waals surface area contributed by atoms with Crippen LogP contribution in [0.2, 0.25) is 0 Å². The van der Waals surface area contributed by atoms with Gasteiger partial charge in [-0.1, -0.05) is 0 Å². The maximum Gasteiger partial charge on any atom is 0.339 e. The molecule has 0 bridgehead atoms. The lowest BCUT2D eigenvalue weighted by molar-refractivity contribution is -0.114. The molecule has 1 heterocycles. The van der Waals surface area contributed by atoms with Crippen LogP contribution in [0.25, 0.3) is 11.0 Å². The summed E-state index contributed by atoms with van der Waals surface area (Å²) in [4.78, 5) is 22.4. The van der Waals surface area contributed by atoms with Crippen LogP contribution in [0, 0.1) is 6.92 Å². The van der Waals surface area contributed by atoms with Gasteiger partial charge in [-0.2, -0.15) is 8.42 Å². The molecule has 0 atom stereocenters. The van der Waals surface area contributed by atoms with E-state index in [0.29, 0.717) is 11.1 Å². The average molecular weight is 373 g/mol. The third kappa shape index (κ3) is 3.75. The summed E-state index contributed by atoms with van der Waals surface area (Å²) >= 11 is 0. The van der Waals surface area contributed by atoms with Gasteiger partial charge in [0.1, 0.15) is 16.2 Å². The molecule has 0 radical (unpaired) electrons. The second-order valence-electron chi connectivity index (χ2n) is 5.65. The smallest absolute Gasteiger partial charge is 0.339 e. The second-order valence-corrected chi connectivity index (χ2v) is 7.20. The fourth-order valence-corrected chi connectivity index (χ4v) is 3.36. The van der Waals surface area contributed by atoms with Crippen LogP contribution in [0.4, 0.5) is 5.69 Å². The molecule has 134 valence electrons. The Hall–Kier alpha value is -3.13. The van der Waals surface area contributed by atoms with Gasteiger partial charge in [-0.25, -0.2) is 4.79 Å². The summed E-state index contributed by atoms with van der Waals surface area (Å²) in [5, 5.41) is 3.24. The number of rotatable bonds is 4. The first kappa shape index (κ1) is 17.7. The van der Waals surface area contributed by atoms with Gasteiger partial charge in [0.15, 0.2) is 0 Å². The molecule has 1 N–H and O–H groups in total. The van der Waals surface area contributed by atoms with Gasteiger partial charge in [0.05, 0.1) is 0 Å². The number of aryl methyl sites for hydroxylation is 1. The van der Waals surface area contributed by atoms with Crippen molar-refractivity contribution in [2.24, 2.45) is 0 Å². The van der Waals surface area contributed by atoms with E-state index in [4.69, 9.17) is 8.60 Å². The highest BCUT2D eigenvalue weighted by Crippen LogP contribution is 2.25. The zero-order valence-corrected chi connectivity index (χ0v) is 14.8. The third-order valence-corrected chi connectivity index (χ3v) is 4.85. The Kier molecular flexibility index (Phi) is 4.52. The highest BCUT2D eigenvalue weighted by atomic mass is 32.2. The topological polar surface area (TPSA) is 103 Å². The third-order valence-electron chi connectivity index (χ3n) is 3.59. The number of anilines is 1. The number of hydrogen-bond acceptors (Lipinski definition) is 6. The quantitative estimate of drug-likeness (QED) is 0.557. The van der Waals surface area contributed by atoms with Gasteiger partial charge in [0.25, 0.3) is 0 Å². The van der Waals surface area contributed by atoms with Crippen molar-refractivity contribution in [3.63, 3.8) is 0 Å². The Morgan fingerprint density at radius 3 is 2.42 bits per heavy atom. The number of fused-ring (bicyclic) bond motifs is 1. The SMILES string of the molecule is CC(=O)Nc1ccc(S(=O)(=O)Oc2ccc3c(C)cc(=O)oc3c2)cc1. The van der Waals surface area contributed by atoms with E-state index in [0.717, 1.165) is 5.56 Å². The van der Waals surface area contributed by atoms with E-state index in [1.165, 1.54) is 49.4 Å². The van der Waals surface area contributed by atoms with Crippen molar-refractivity contribution in [1.29, 1.82) is 0 Å². The summed E-state index contributed by atoms with van der Waals surface area (Å²) in [6, 6.07) is 11.4. The van der Waals surface area contributed by atoms with E-state index in [1.54, 1.807) is 13.0 Å². The molecule has 0 saturated carbocycles. The molecule has 0 fully saturated rings. The summed E-state index contributed by atoms with van der Waals surface area (Å²) < 4.78 is 35.0. The largest absolute Gasteiger partial charge is 0.423 e. The van der Waals surface area contributed by atoms with Crippen LogP contribution in [0.3, 0.4) is 0 Å². The van der Waals surface area contributed by atoms with Crippen molar-refractivity contribution in [2.75, 3.05) is 5.32 Å². The van der Waals surface area contributed by atoms with E-state index >= 15 is 0 Å². The summed E-state index contributed by atoms with van der Waals surface area (Å²) in [6.45, 7) is 3.11. The van der Waals surface area contributed by atoms with Crippen LogP contribution in [-0.4, -0.2) is 14.3 Å². The van der Waals surface area contributed by atoms with Crippen molar-refractivity contribution in [3.8, 4) is 5.75 Å². The van der Waals surface area contributed by atoms with Gasteiger partial charge in [-0.3, -0.25) is 4.79 Å². The lowest BCUT2D eigenvalue weighted by Gasteiger charge is -2.09. The fraction of sp³-hybridized carbons (Fsp3) is 0.111. The molecule has 0 aliphatic rings. The number of carbonyl (C=O) groups is 1. The van der Waals surface area contributed by atoms with Crippen LogP contribution < -0.4 is 15.1 Å². The van der Waals surface area contributed by atoms with Gasteiger partial charge in [-0.05, 0) is 48.9 Å². The first-order valence-corrected chi connectivity index (χ1v) is 9.02. The first-order valence-electron chi connectivity index (χ1n) is 7.61. The van der Waals surface area contributed by atoms with Crippen LogP contribution in [0.15, 0.2) is 62.6 Å². The Labute approximate surface area is 149 Å². The number of benzene rings is 2. The second kappa shape index (κ2) is 6.64. The van der Waals surface area contributed by atoms with Crippen molar-refractivity contribution >= 4 is 32.7 Å². The molecule has 0 saturated heterocycles. The summed E-state index contributed by atoms with van der Waals surface area (Å²) in [6.07, 6.45) is 0. The molecule has 1 aromatic heterocycles. The number of nitrogens with one attached hydrogen (secondary N) is 1. The zero-order valence-electron chi connectivity index (χ0n) is 14.0. The zero-order chi connectivity index (χ0) is 18.9. The van der Waals surface area contributed by atoms with E-state index in [-0.39, 0.29) is 22.1 Å². The van der Waals surface area contributed by atoms with Gasteiger partial charge in [0.2, 0.25) is 5.91 Å². The van der Waals surface area contributed by atoms with Gasteiger partial charge in [-0.15, -0.1) is 0 Å². The Morgan fingerprint density at radius 1 is 1.08 bits per heavy atom. The van der Waals surface area contributed by atoms with E-state index in [2.05, 4.69) is 5.32 Å². The van der Waals surface area contributed by atoms with Crippen molar-refractivity contribution in [2.45, 2.75) is 18.7 Å². The molecule has 26 heavy (non-hydrogen) atoms. The van der Waals surface area contributed by atoms with E-state index in [1.807, 2.05) is 0 Å². The maximum absolute atomic E-state index is 12.4. The van der Waals surface area contributed by atoms with Crippen molar-refractivity contribution in [3.05, 3.63) is 64.5 Å². The molecular formula is C18H15NO6S. The Balaban J connectivity index is 1.90. The standard InChI is InChI=1S/C18H15NO6S/c1-11-9-18(21)24-17-10-14(5-8-16(11)17)25-26(22,23)15-6-3-13(4-7-15)19-12(2)20/h3-10H,1-2H3,(H,19,20). The highest BCUT2D eigenvalue weighted by molar-refractivity contribution is 7.87. The molecule has 0 spiro atoms. The predicted octanol–water partition coefficient (Wildman–Crippen LogP) is 2.83. The van der Waals surface area contributed by atoms with Crippen LogP contribution >= 0.6 is 0 Å². The lowest BCUT2D eigenvalue weighted by atomic mass is 10.1. The summed E-state index contributed by atoms with van der Waals surface area (Å²) in [5.41, 5.74) is 0.908. The van der Waals surface area contributed by atoms with Crippen LogP contribution in [0.5, 0.6) is 5.75 Å². The molecule has 0 aliphatic carbocycles. The van der Waals surface area contributed by atoms with Gasteiger partial charge >= 0.3 is 15.7 Å². The van der Waals surface area contributed by atoms with E-state index in [9.17, 15) is 18.0 Å². The Bertz CT molecular complexity index is 1150. The minimum atomic E-state index is -4.08. The van der Waals surface area contributed by atoms with Crippen LogP contribution in [0.1, 0.15) is 12.5 Å². The maximum atomic E-state index is 12.4. The number of hydrogen-bond donors (Lipinski definition) is 1. The molecule has 3 aromatic rings. The summed E-state index contributed by atoms with van der Waals surface area (Å²) in [7, 11) is -4.08. The lowest BCUT2D eigenvalue weighted by Crippen LogP contribution is -2.10. The molecule has 2 aromatic carbocycles. The first-order chi connectivity index (χ1) is 12.2. The number of carbonyl (C=O) groups excluding carboxylic acids is 1. The minimum Gasteiger partial charge on any atom is -0.423 e. The van der Waals surface area contributed by atoms with Crippen molar-refractivity contribution in [1.82, 2.24) is 0 Å². The Morgan fingerprint density at radius 2 is 1.77 bits per heavy atom. The average Bonchev–Trinajstić information content (AvgIpc) is 2.53. The predicted molar refractivity (Wildman–Crippen MR) is 95.8 cm³/mol. The molecule has 7 nitrogen and oxygen atoms in total. The fourth-order valence-electron chi connectivity index (χ4n) is 2.44. The number of amides is 1. The molecule has 1 amide bonds. The molecular weight excluding hydrogens is 358 g/mol. The van der Waals surface area contributed by atoms with E-state index < -0.39 is 15.7 Å². The minimum absolute atomic E-state index is 0.0252. The molecule has 0 unspecified atom stereocenters. The normalized spacial score (nSPS) is 11.3. The van der Waals surface area contributed by atoms with Crippen LogP contribution in [-0.2, 0) is 14.9 Å². The van der Waals surface area contributed by atoms with Gasteiger partial charge < -0.3 is 13.9 Å². The monoisotopic (exact) mass is 373 g/mol. The highest BCUT2D eigenvalue weighted by Gasteiger charge is 2.17. The molecule has 8 heteroatoms. The molecule has 0 aliphatic heterocycles. The van der Waals surface area contributed by atoms with Crippen molar-refractivity contribution < 1.29 is 21.8 Å². The summed E-state index contributed by atoms with van der Waals surface area (Å²) in [5.74, 6) is -0.234.